The molecule has 0 aliphatic rings. The highest BCUT2D eigenvalue weighted by Gasteiger charge is 2.13. The summed E-state index contributed by atoms with van der Waals surface area (Å²) in [4.78, 5) is 15.3. The molecular formula is C16H11ClN2O2. The predicted octanol–water partition coefficient (Wildman–Crippen LogP) is 4.33. The lowest BCUT2D eigenvalue weighted by molar-refractivity contribution is 0.0697. The van der Waals surface area contributed by atoms with Crippen molar-refractivity contribution in [1.82, 2.24) is 4.98 Å². The third-order valence-corrected chi connectivity index (χ3v) is 3.34. The lowest BCUT2D eigenvalue weighted by Crippen LogP contribution is -2.05. The van der Waals surface area contributed by atoms with Crippen LogP contribution in [0.25, 0.3) is 10.8 Å². The summed E-state index contributed by atoms with van der Waals surface area (Å²) in [5.74, 6) is -0.826. The molecule has 0 bridgehead atoms. The van der Waals surface area contributed by atoms with Crippen LogP contribution in [-0.4, -0.2) is 16.1 Å². The monoisotopic (exact) mass is 298 g/mol. The number of rotatable bonds is 3. The summed E-state index contributed by atoms with van der Waals surface area (Å²) < 4.78 is 0. The van der Waals surface area contributed by atoms with Crippen LogP contribution in [0.1, 0.15) is 10.4 Å². The van der Waals surface area contributed by atoms with Crippen molar-refractivity contribution in [2.45, 2.75) is 0 Å². The number of hydrogen-bond donors (Lipinski definition) is 2. The molecule has 0 fully saturated rings. The Balaban J connectivity index is 2.11. The van der Waals surface area contributed by atoms with E-state index in [0.717, 1.165) is 16.5 Å². The third-order valence-electron chi connectivity index (χ3n) is 3.13. The van der Waals surface area contributed by atoms with Gasteiger partial charge < -0.3 is 10.4 Å². The number of aromatic carboxylic acids is 1. The first-order valence-corrected chi connectivity index (χ1v) is 6.67. The standard InChI is InChI=1S/C16H11ClN2O2/c17-14-9-8-12(16(20)21)15(19-14)18-13-7-3-5-10-4-1-2-6-11(10)13/h1-9H,(H,18,19)(H,20,21). The third kappa shape index (κ3) is 2.66. The fourth-order valence-corrected chi connectivity index (χ4v) is 2.31. The summed E-state index contributed by atoms with van der Waals surface area (Å²) in [6, 6.07) is 16.5. The molecule has 0 aliphatic heterocycles. The topological polar surface area (TPSA) is 62.2 Å². The number of halogens is 1. The van der Waals surface area contributed by atoms with E-state index in [2.05, 4.69) is 10.3 Å². The summed E-state index contributed by atoms with van der Waals surface area (Å²) in [5, 5.41) is 14.6. The molecule has 0 amide bonds. The summed E-state index contributed by atoms with van der Waals surface area (Å²) in [7, 11) is 0. The average Bonchev–Trinajstić information content (AvgIpc) is 2.47. The first-order chi connectivity index (χ1) is 10.1. The number of aromatic nitrogens is 1. The van der Waals surface area contributed by atoms with Gasteiger partial charge in [0.05, 0.1) is 0 Å². The van der Waals surface area contributed by atoms with Gasteiger partial charge in [-0.1, -0.05) is 48.0 Å². The van der Waals surface area contributed by atoms with Crippen molar-refractivity contribution < 1.29 is 9.90 Å². The molecule has 104 valence electrons. The molecule has 0 radical (unpaired) electrons. The number of carboxylic acids is 1. The summed E-state index contributed by atoms with van der Waals surface area (Å²) >= 11 is 5.86. The fraction of sp³-hybridized carbons (Fsp3) is 0. The minimum atomic E-state index is -1.05. The molecule has 21 heavy (non-hydrogen) atoms. The van der Waals surface area contributed by atoms with Gasteiger partial charge >= 0.3 is 5.97 Å². The van der Waals surface area contributed by atoms with Gasteiger partial charge in [-0.25, -0.2) is 9.78 Å². The van der Waals surface area contributed by atoms with Crippen LogP contribution in [0.15, 0.2) is 54.6 Å². The maximum atomic E-state index is 11.3. The number of nitrogens with zero attached hydrogens (tertiary/aromatic N) is 1. The van der Waals surface area contributed by atoms with E-state index in [4.69, 9.17) is 11.6 Å². The zero-order chi connectivity index (χ0) is 14.8. The van der Waals surface area contributed by atoms with Crippen molar-refractivity contribution >= 4 is 39.8 Å². The van der Waals surface area contributed by atoms with Crippen molar-refractivity contribution in [3.05, 3.63) is 65.3 Å². The number of hydrogen-bond acceptors (Lipinski definition) is 3. The summed E-state index contributed by atoms with van der Waals surface area (Å²) in [5.41, 5.74) is 0.859. The van der Waals surface area contributed by atoms with E-state index in [9.17, 15) is 9.90 Å². The SMILES string of the molecule is O=C(O)c1ccc(Cl)nc1Nc1cccc2ccccc12. The molecule has 4 nitrogen and oxygen atoms in total. The highest BCUT2D eigenvalue weighted by atomic mass is 35.5. The van der Waals surface area contributed by atoms with Gasteiger partial charge in [-0.05, 0) is 23.6 Å². The second-order valence-corrected chi connectivity index (χ2v) is 4.87. The van der Waals surface area contributed by atoms with Crippen molar-refractivity contribution in [3.8, 4) is 0 Å². The molecule has 2 aromatic carbocycles. The number of pyridine rings is 1. The van der Waals surface area contributed by atoms with E-state index in [0.29, 0.717) is 0 Å². The van der Waals surface area contributed by atoms with Crippen LogP contribution in [0.2, 0.25) is 5.15 Å². The smallest absolute Gasteiger partial charge is 0.339 e. The Labute approximate surface area is 126 Å². The van der Waals surface area contributed by atoms with E-state index >= 15 is 0 Å². The largest absolute Gasteiger partial charge is 0.478 e. The molecule has 0 saturated heterocycles. The van der Waals surface area contributed by atoms with Gasteiger partial charge in [0.2, 0.25) is 0 Å². The molecule has 3 aromatic rings. The number of carbonyl (C=O) groups is 1. The van der Waals surface area contributed by atoms with Crippen LogP contribution < -0.4 is 5.32 Å². The molecular weight excluding hydrogens is 288 g/mol. The predicted molar refractivity (Wildman–Crippen MR) is 83.4 cm³/mol. The molecule has 0 saturated carbocycles. The highest BCUT2D eigenvalue weighted by molar-refractivity contribution is 6.29. The normalized spacial score (nSPS) is 10.5. The number of nitrogens with one attached hydrogen (secondary N) is 1. The van der Waals surface area contributed by atoms with Gasteiger partial charge in [-0.15, -0.1) is 0 Å². The number of benzene rings is 2. The van der Waals surface area contributed by atoms with Gasteiger partial charge in [-0.3, -0.25) is 0 Å². The van der Waals surface area contributed by atoms with Crippen LogP contribution in [-0.2, 0) is 0 Å². The molecule has 0 aliphatic carbocycles. The Morgan fingerprint density at radius 3 is 2.62 bits per heavy atom. The molecule has 3 rings (SSSR count). The minimum Gasteiger partial charge on any atom is -0.478 e. The van der Waals surface area contributed by atoms with Crippen molar-refractivity contribution in [1.29, 1.82) is 0 Å². The first kappa shape index (κ1) is 13.4. The van der Waals surface area contributed by atoms with Crippen molar-refractivity contribution in [2.75, 3.05) is 5.32 Å². The van der Waals surface area contributed by atoms with Crippen LogP contribution >= 0.6 is 11.6 Å². The summed E-state index contributed by atoms with van der Waals surface area (Å²) in [6.07, 6.45) is 0. The van der Waals surface area contributed by atoms with Gasteiger partial charge in [0, 0.05) is 11.1 Å². The second kappa shape index (κ2) is 5.42. The van der Waals surface area contributed by atoms with Gasteiger partial charge in [0.15, 0.2) is 0 Å². The quantitative estimate of drug-likeness (QED) is 0.706. The molecule has 1 aromatic heterocycles. The van der Waals surface area contributed by atoms with E-state index in [1.165, 1.54) is 12.1 Å². The molecule has 0 unspecified atom stereocenters. The fourth-order valence-electron chi connectivity index (χ4n) is 2.17. The minimum absolute atomic E-state index is 0.0762. The van der Waals surface area contributed by atoms with Crippen molar-refractivity contribution in [3.63, 3.8) is 0 Å². The van der Waals surface area contributed by atoms with Crippen LogP contribution in [0.4, 0.5) is 11.5 Å². The second-order valence-electron chi connectivity index (χ2n) is 4.49. The molecule has 1 heterocycles. The summed E-state index contributed by atoms with van der Waals surface area (Å²) in [6.45, 7) is 0. The number of carboxylic acid groups (broad SMARTS) is 1. The van der Waals surface area contributed by atoms with Gasteiger partial charge in [0.1, 0.15) is 16.5 Å². The molecule has 0 atom stereocenters. The number of fused-ring (bicyclic) bond motifs is 1. The maximum Gasteiger partial charge on any atom is 0.339 e. The van der Waals surface area contributed by atoms with E-state index in [1.807, 2.05) is 42.5 Å². The Kier molecular flexibility index (Phi) is 3.46. The zero-order valence-corrected chi connectivity index (χ0v) is 11.6. The Morgan fingerprint density at radius 2 is 1.81 bits per heavy atom. The lowest BCUT2D eigenvalue weighted by Gasteiger charge is -2.11. The Morgan fingerprint density at radius 1 is 1.05 bits per heavy atom. The molecule has 2 N–H and O–H groups in total. The van der Waals surface area contributed by atoms with E-state index in [1.54, 1.807) is 0 Å². The van der Waals surface area contributed by atoms with Crippen LogP contribution in [0.3, 0.4) is 0 Å². The van der Waals surface area contributed by atoms with Crippen LogP contribution in [0, 0.1) is 0 Å². The average molecular weight is 299 g/mol. The van der Waals surface area contributed by atoms with E-state index in [-0.39, 0.29) is 16.5 Å². The molecule has 0 spiro atoms. The zero-order valence-electron chi connectivity index (χ0n) is 10.9. The Hall–Kier alpha value is -2.59. The maximum absolute atomic E-state index is 11.3. The van der Waals surface area contributed by atoms with Gasteiger partial charge in [0.25, 0.3) is 0 Å². The molecule has 5 heteroatoms. The van der Waals surface area contributed by atoms with Crippen LogP contribution in [0.5, 0.6) is 0 Å². The Bertz CT molecular complexity index is 828. The van der Waals surface area contributed by atoms with Gasteiger partial charge in [-0.2, -0.15) is 0 Å². The highest BCUT2D eigenvalue weighted by Crippen LogP contribution is 2.27. The lowest BCUT2D eigenvalue weighted by atomic mass is 10.1. The van der Waals surface area contributed by atoms with E-state index < -0.39 is 5.97 Å². The first-order valence-electron chi connectivity index (χ1n) is 6.30. The van der Waals surface area contributed by atoms with Crippen molar-refractivity contribution in [2.24, 2.45) is 0 Å². The number of anilines is 2.